The van der Waals surface area contributed by atoms with Crippen LogP contribution in [0.1, 0.15) is 24.5 Å². The van der Waals surface area contributed by atoms with Gasteiger partial charge in [0.2, 0.25) is 5.91 Å². The van der Waals surface area contributed by atoms with E-state index in [1.54, 1.807) is 37.3 Å². The van der Waals surface area contributed by atoms with Crippen molar-refractivity contribution in [1.82, 2.24) is 10.2 Å². The number of para-hydroxylation sites is 1. The SMILES string of the molecule is CC[C@@]1(c2ccccc2)NC(=O)N(CC(=O)Nc2ccccc2C(F)(F)F)C1=O. The van der Waals surface area contributed by atoms with Gasteiger partial charge >= 0.3 is 12.2 Å². The van der Waals surface area contributed by atoms with Crippen LogP contribution in [0, 0.1) is 0 Å². The molecule has 0 aromatic heterocycles. The minimum atomic E-state index is -4.66. The summed E-state index contributed by atoms with van der Waals surface area (Å²) >= 11 is 0. The van der Waals surface area contributed by atoms with Crippen LogP contribution in [0.4, 0.5) is 23.7 Å². The lowest BCUT2D eigenvalue weighted by Crippen LogP contribution is -2.44. The van der Waals surface area contributed by atoms with Crippen molar-refractivity contribution in [1.29, 1.82) is 0 Å². The van der Waals surface area contributed by atoms with Crippen molar-refractivity contribution in [3.05, 3.63) is 65.7 Å². The van der Waals surface area contributed by atoms with Gasteiger partial charge in [-0.1, -0.05) is 49.4 Å². The lowest BCUT2D eigenvalue weighted by atomic mass is 9.87. The third-order valence-corrected chi connectivity index (χ3v) is 4.78. The first-order chi connectivity index (χ1) is 13.7. The number of carbonyl (C=O) groups is 3. The van der Waals surface area contributed by atoms with Gasteiger partial charge in [-0.05, 0) is 24.1 Å². The van der Waals surface area contributed by atoms with Crippen LogP contribution in [0.25, 0.3) is 0 Å². The fraction of sp³-hybridized carbons (Fsp3) is 0.250. The molecule has 0 unspecified atom stereocenters. The molecule has 9 heteroatoms. The zero-order chi connectivity index (χ0) is 21.2. The molecule has 3 rings (SSSR count). The van der Waals surface area contributed by atoms with E-state index in [1.165, 1.54) is 12.1 Å². The van der Waals surface area contributed by atoms with Crippen molar-refractivity contribution in [3.63, 3.8) is 0 Å². The van der Waals surface area contributed by atoms with Crippen molar-refractivity contribution in [2.24, 2.45) is 0 Å². The van der Waals surface area contributed by atoms with Crippen molar-refractivity contribution in [3.8, 4) is 0 Å². The van der Waals surface area contributed by atoms with Crippen LogP contribution >= 0.6 is 0 Å². The number of hydrogen-bond donors (Lipinski definition) is 2. The largest absolute Gasteiger partial charge is 0.418 e. The molecular weight excluding hydrogens is 387 g/mol. The predicted octanol–water partition coefficient (Wildman–Crippen LogP) is 3.50. The van der Waals surface area contributed by atoms with Crippen LogP contribution in [0.3, 0.4) is 0 Å². The molecule has 2 N–H and O–H groups in total. The Hall–Kier alpha value is -3.36. The molecular formula is C20H18F3N3O3. The Balaban J connectivity index is 1.80. The number of urea groups is 1. The maximum Gasteiger partial charge on any atom is 0.418 e. The Kier molecular flexibility index (Phi) is 5.32. The highest BCUT2D eigenvalue weighted by Gasteiger charge is 2.51. The van der Waals surface area contributed by atoms with E-state index < -0.39 is 47.4 Å². The Morgan fingerprint density at radius 3 is 2.31 bits per heavy atom. The number of benzene rings is 2. The molecule has 0 saturated carbocycles. The highest BCUT2D eigenvalue weighted by atomic mass is 19.4. The molecule has 1 fully saturated rings. The molecule has 1 atom stereocenters. The number of rotatable bonds is 5. The van der Waals surface area contributed by atoms with Crippen LogP contribution < -0.4 is 10.6 Å². The molecule has 1 aliphatic heterocycles. The van der Waals surface area contributed by atoms with E-state index in [0.29, 0.717) is 10.5 Å². The molecule has 4 amide bonds. The molecule has 2 aromatic carbocycles. The summed E-state index contributed by atoms with van der Waals surface area (Å²) in [6.45, 7) is 1.01. The monoisotopic (exact) mass is 405 g/mol. The molecule has 0 radical (unpaired) electrons. The van der Waals surface area contributed by atoms with E-state index in [9.17, 15) is 27.6 Å². The van der Waals surface area contributed by atoms with Gasteiger partial charge in [-0.2, -0.15) is 13.2 Å². The third-order valence-electron chi connectivity index (χ3n) is 4.78. The second-order valence-electron chi connectivity index (χ2n) is 6.54. The number of nitrogens with one attached hydrogen (secondary N) is 2. The number of nitrogens with zero attached hydrogens (tertiary/aromatic N) is 1. The average molecular weight is 405 g/mol. The highest BCUT2D eigenvalue weighted by Crippen LogP contribution is 2.35. The maximum atomic E-state index is 13.1. The summed E-state index contributed by atoms with van der Waals surface area (Å²) in [4.78, 5) is 38.4. The highest BCUT2D eigenvalue weighted by molar-refractivity contribution is 6.10. The summed E-state index contributed by atoms with van der Waals surface area (Å²) in [5, 5.41) is 4.75. The maximum absolute atomic E-state index is 13.1. The van der Waals surface area contributed by atoms with E-state index in [-0.39, 0.29) is 6.42 Å². The number of hydrogen-bond acceptors (Lipinski definition) is 3. The van der Waals surface area contributed by atoms with Crippen molar-refractivity contribution in [2.75, 3.05) is 11.9 Å². The number of alkyl halides is 3. The average Bonchev–Trinajstić information content (AvgIpc) is 2.93. The number of amides is 4. The number of halogens is 3. The summed E-state index contributed by atoms with van der Waals surface area (Å²) in [6.07, 6.45) is -4.41. The lowest BCUT2D eigenvalue weighted by Gasteiger charge is -2.25. The van der Waals surface area contributed by atoms with Gasteiger partial charge in [0.15, 0.2) is 0 Å². The minimum absolute atomic E-state index is 0.247. The topological polar surface area (TPSA) is 78.5 Å². The summed E-state index contributed by atoms with van der Waals surface area (Å²) in [5.41, 5.74) is -2.21. The Morgan fingerprint density at radius 2 is 1.69 bits per heavy atom. The van der Waals surface area contributed by atoms with Crippen LogP contribution in [-0.4, -0.2) is 29.3 Å². The lowest BCUT2D eigenvalue weighted by molar-refractivity contribution is -0.137. The molecule has 2 aromatic rings. The standard InChI is InChI=1S/C20H18F3N3O3/c1-2-19(13-8-4-3-5-9-13)17(28)26(18(29)25-19)12-16(27)24-15-11-7-6-10-14(15)20(21,22)23/h3-11H,2,12H2,1H3,(H,24,27)(H,25,29)/t19-/m0/s1. The number of carbonyl (C=O) groups excluding carboxylic acids is 3. The second kappa shape index (κ2) is 7.57. The smallest absolute Gasteiger partial charge is 0.324 e. The molecule has 0 spiro atoms. The van der Waals surface area contributed by atoms with E-state index in [2.05, 4.69) is 10.6 Å². The van der Waals surface area contributed by atoms with Gasteiger partial charge in [-0.3, -0.25) is 14.5 Å². The predicted molar refractivity (Wildman–Crippen MR) is 98.7 cm³/mol. The third kappa shape index (κ3) is 3.80. The Bertz CT molecular complexity index is 947. The van der Waals surface area contributed by atoms with Crippen molar-refractivity contribution in [2.45, 2.75) is 25.1 Å². The first kappa shape index (κ1) is 20.4. The fourth-order valence-corrected chi connectivity index (χ4v) is 3.30. The van der Waals surface area contributed by atoms with E-state index in [1.807, 2.05) is 0 Å². The zero-order valence-electron chi connectivity index (χ0n) is 15.4. The molecule has 1 heterocycles. The summed E-state index contributed by atoms with van der Waals surface area (Å²) in [5.74, 6) is -1.54. The van der Waals surface area contributed by atoms with E-state index in [4.69, 9.17) is 0 Å². The minimum Gasteiger partial charge on any atom is -0.324 e. The molecule has 29 heavy (non-hydrogen) atoms. The van der Waals surface area contributed by atoms with Crippen LogP contribution in [0.15, 0.2) is 54.6 Å². The van der Waals surface area contributed by atoms with Crippen LogP contribution in [0.5, 0.6) is 0 Å². The second-order valence-corrected chi connectivity index (χ2v) is 6.54. The molecule has 0 aliphatic carbocycles. The number of anilines is 1. The Morgan fingerprint density at radius 1 is 1.07 bits per heavy atom. The van der Waals surface area contributed by atoms with Gasteiger partial charge in [-0.25, -0.2) is 4.79 Å². The first-order valence-corrected chi connectivity index (χ1v) is 8.85. The van der Waals surface area contributed by atoms with Gasteiger partial charge in [-0.15, -0.1) is 0 Å². The summed E-state index contributed by atoms with van der Waals surface area (Å²) in [7, 11) is 0. The summed E-state index contributed by atoms with van der Waals surface area (Å²) in [6, 6.07) is 12.3. The van der Waals surface area contributed by atoms with Gasteiger partial charge in [0.25, 0.3) is 5.91 Å². The fourth-order valence-electron chi connectivity index (χ4n) is 3.30. The normalized spacial score (nSPS) is 19.2. The van der Waals surface area contributed by atoms with Gasteiger partial charge in [0.05, 0.1) is 11.3 Å². The quantitative estimate of drug-likeness (QED) is 0.748. The zero-order valence-corrected chi connectivity index (χ0v) is 15.4. The molecule has 0 bridgehead atoms. The molecule has 1 aliphatic rings. The van der Waals surface area contributed by atoms with E-state index >= 15 is 0 Å². The van der Waals surface area contributed by atoms with Crippen LogP contribution in [-0.2, 0) is 21.3 Å². The molecule has 1 saturated heterocycles. The van der Waals surface area contributed by atoms with Gasteiger partial charge in [0.1, 0.15) is 12.1 Å². The Labute approximate surface area is 164 Å². The van der Waals surface area contributed by atoms with Crippen LogP contribution in [0.2, 0.25) is 0 Å². The summed E-state index contributed by atoms with van der Waals surface area (Å²) < 4.78 is 39.2. The van der Waals surface area contributed by atoms with E-state index in [0.717, 1.165) is 12.1 Å². The van der Waals surface area contributed by atoms with Gasteiger partial charge in [0, 0.05) is 0 Å². The van der Waals surface area contributed by atoms with Crippen molar-refractivity contribution < 1.29 is 27.6 Å². The molecule has 152 valence electrons. The van der Waals surface area contributed by atoms with Crippen molar-refractivity contribution >= 4 is 23.5 Å². The first-order valence-electron chi connectivity index (χ1n) is 8.85. The van der Waals surface area contributed by atoms with Gasteiger partial charge < -0.3 is 10.6 Å². The molecule has 6 nitrogen and oxygen atoms in total. The number of imide groups is 1.